The fourth-order valence-electron chi connectivity index (χ4n) is 1.46. The van der Waals surface area contributed by atoms with E-state index < -0.39 is 11.7 Å². The van der Waals surface area contributed by atoms with Crippen LogP contribution in [-0.4, -0.2) is 6.21 Å². The highest BCUT2D eigenvalue weighted by Crippen LogP contribution is 2.31. The molecule has 0 aliphatic heterocycles. The second kappa shape index (κ2) is 5.22. The largest absolute Gasteiger partial charge is 0.416 e. The minimum atomic E-state index is -4.39. The minimum Gasteiger partial charge on any atom is -0.256 e. The summed E-state index contributed by atoms with van der Waals surface area (Å²) in [5.41, 5.74) is 0.0548. The molecule has 5 heteroatoms. The van der Waals surface area contributed by atoms with Crippen LogP contribution in [0.4, 0.5) is 23.2 Å². The fourth-order valence-corrected chi connectivity index (χ4v) is 1.46. The Labute approximate surface area is 107 Å². The van der Waals surface area contributed by atoms with Gasteiger partial charge in [0.25, 0.3) is 0 Å². The summed E-state index contributed by atoms with van der Waals surface area (Å²) in [7, 11) is 0. The molecule has 2 rings (SSSR count). The molecule has 0 aromatic heterocycles. The van der Waals surface area contributed by atoms with E-state index in [4.69, 9.17) is 0 Å². The van der Waals surface area contributed by atoms with Crippen LogP contribution in [0.5, 0.6) is 0 Å². The molecule has 0 N–H and O–H groups in total. The molecule has 98 valence electrons. The van der Waals surface area contributed by atoms with E-state index in [1.54, 1.807) is 0 Å². The maximum atomic E-state index is 12.7. The Kier molecular flexibility index (Phi) is 3.64. The quantitative estimate of drug-likeness (QED) is 0.557. The zero-order chi connectivity index (χ0) is 13.9. The van der Waals surface area contributed by atoms with Gasteiger partial charge in [0.1, 0.15) is 5.82 Å². The molecular formula is C14H9F4N. The van der Waals surface area contributed by atoms with Gasteiger partial charge in [-0.3, -0.25) is 4.99 Å². The van der Waals surface area contributed by atoms with E-state index in [2.05, 4.69) is 4.99 Å². The van der Waals surface area contributed by atoms with Crippen molar-refractivity contribution in [3.63, 3.8) is 0 Å². The number of aliphatic imine (C=N–C) groups is 1. The number of hydrogen-bond donors (Lipinski definition) is 0. The monoisotopic (exact) mass is 267 g/mol. The summed E-state index contributed by atoms with van der Waals surface area (Å²) in [5, 5.41) is 0. The average Bonchev–Trinajstić information content (AvgIpc) is 2.37. The molecule has 0 saturated heterocycles. The van der Waals surface area contributed by atoms with Gasteiger partial charge in [0.15, 0.2) is 0 Å². The van der Waals surface area contributed by atoms with Crippen molar-refractivity contribution >= 4 is 11.9 Å². The molecular weight excluding hydrogens is 258 g/mol. The van der Waals surface area contributed by atoms with Crippen molar-refractivity contribution in [3.05, 3.63) is 65.5 Å². The third kappa shape index (κ3) is 3.64. The summed E-state index contributed by atoms with van der Waals surface area (Å²) in [6, 6.07) is 10.2. The van der Waals surface area contributed by atoms with Crippen molar-refractivity contribution < 1.29 is 17.6 Å². The third-order valence-corrected chi connectivity index (χ3v) is 2.41. The minimum absolute atomic E-state index is 0.194. The Morgan fingerprint density at radius 3 is 2.26 bits per heavy atom. The molecule has 0 unspecified atom stereocenters. The van der Waals surface area contributed by atoms with Gasteiger partial charge in [0, 0.05) is 6.21 Å². The van der Waals surface area contributed by atoms with Crippen LogP contribution < -0.4 is 0 Å². The number of rotatable bonds is 2. The third-order valence-electron chi connectivity index (χ3n) is 2.41. The highest BCUT2D eigenvalue weighted by Gasteiger charge is 2.30. The first-order valence-electron chi connectivity index (χ1n) is 5.42. The lowest BCUT2D eigenvalue weighted by molar-refractivity contribution is -0.137. The molecule has 0 atom stereocenters. The summed E-state index contributed by atoms with van der Waals surface area (Å²) >= 11 is 0. The average molecular weight is 267 g/mol. The van der Waals surface area contributed by atoms with Crippen LogP contribution in [-0.2, 0) is 6.18 Å². The predicted octanol–water partition coefficient (Wildman–Crippen LogP) is 4.60. The number of alkyl halides is 3. The Bertz CT molecular complexity index is 585. The molecule has 0 fully saturated rings. The maximum Gasteiger partial charge on any atom is 0.416 e. The van der Waals surface area contributed by atoms with Gasteiger partial charge in [-0.25, -0.2) is 4.39 Å². The number of hydrogen-bond acceptors (Lipinski definition) is 1. The first-order valence-corrected chi connectivity index (χ1v) is 5.42. The number of halogens is 4. The highest BCUT2D eigenvalue weighted by molar-refractivity contribution is 5.81. The smallest absolute Gasteiger partial charge is 0.256 e. The molecule has 19 heavy (non-hydrogen) atoms. The molecule has 0 saturated carbocycles. The van der Waals surface area contributed by atoms with Crippen molar-refractivity contribution in [2.24, 2.45) is 4.99 Å². The summed E-state index contributed by atoms with van der Waals surface area (Å²) < 4.78 is 50.1. The fraction of sp³-hybridized carbons (Fsp3) is 0.0714. The Hall–Kier alpha value is -2.17. The van der Waals surface area contributed by atoms with E-state index >= 15 is 0 Å². The van der Waals surface area contributed by atoms with Gasteiger partial charge in [-0.2, -0.15) is 13.2 Å². The van der Waals surface area contributed by atoms with Crippen LogP contribution >= 0.6 is 0 Å². The highest BCUT2D eigenvalue weighted by atomic mass is 19.4. The summed E-state index contributed by atoms with van der Waals surface area (Å²) in [6.45, 7) is 0. The van der Waals surface area contributed by atoms with E-state index in [0.717, 1.165) is 12.1 Å². The molecule has 0 spiro atoms. The van der Waals surface area contributed by atoms with E-state index in [1.807, 2.05) is 0 Å². The van der Waals surface area contributed by atoms with Crippen LogP contribution in [0.15, 0.2) is 53.5 Å². The first-order chi connectivity index (χ1) is 8.95. The van der Waals surface area contributed by atoms with Crippen LogP contribution in [0.3, 0.4) is 0 Å². The van der Waals surface area contributed by atoms with Crippen LogP contribution in [0.25, 0.3) is 0 Å². The van der Waals surface area contributed by atoms with Crippen LogP contribution in [0, 0.1) is 5.82 Å². The maximum absolute atomic E-state index is 12.7. The van der Waals surface area contributed by atoms with E-state index in [1.165, 1.54) is 42.6 Å². The van der Waals surface area contributed by atoms with Crippen molar-refractivity contribution in [2.75, 3.05) is 0 Å². The van der Waals surface area contributed by atoms with E-state index in [9.17, 15) is 17.6 Å². The second-order valence-corrected chi connectivity index (χ2v) is 3.86. The van der Waals surface area contributed by atoms with Gasteiger partial charge in [0.2, 0.25) is 0 Å². The molecule has 0 radical (unpaired) electrons. The van der Waals surface area contributed by atoms with Crippen molar-refractivity contribution in [3.8, 4) is 0 Å². The molecule has 0 bridgehead atoms. The zero-order valence-electron chi connectivity index (χ0n) is 9.66. The van der Waals surface area contributed by atoms with Crippen molar-refractivity contribution in [2.45, 2.75) is 6.18 Å². The zero-order valence-corrected chi connectivity index (χ0v) is 9.66. The van der Waals surface area contributed by atoms with Gasteiger partial charge in [-0.05, 0) is 35.9 Å². The summed E-state index contributed by atoms with van der Waals surface area (Å²) in [5.74, 6) is -0.379. The van der Waals surface area contributed by atoms with Crippen molar-refractivity contribution in [1.82, 2.24) is 0 Å². The van der Waals surface area contributed by atoms with Gasteiger partial charge in [-0.15, -0.1) is 0 Å². The SMILES string of the molecule is Fc1ccc(C=Nc2cccc(C(F)(F)F)c2)cc1. The number of nitrogens with zero attached hydrogens (tertiary/aromatic N) is 1. The predicted molar refractivity (Wildman–Crippen MR) is 65.1 cm³/mol. The molecule has 0 amide bonds. The summed E-state index contributed by atoms with van der Waals surface area (Å²) in [4.78, 5) is 3.93. The number of benzene rings is 2. The van der Waals surface area contributed by atoms with Crippen LogP contribution in [0.2, 0.25) is 0 Å². The lowest BCUT2D eigenvalue weighted by atomic mass is 10.2. The normalized spacial score (nSPS) is 12.0. The topological polar surface area (TPSA) is 12.4 Å². The first kappa shape index (κ1) is 13.3. The molecule has 0 aliphatic carbocycles. The Balaban J connectivity index is 2.21. The van der Waals surface area contributed by atoms with Gasteiger partial charge in [-0.1, -0.05) is 18.2 Å². The lowest BCUT2D eigenvalue weighted by Gasteiger charge is -2.06. The molecule has 2 aromatic carbocycles. The molecule has 1 nitrogen and oxygen atoms in total. The van der Waals surface area contributed by atoms with Gasteiger partial charge < -0.3 is 0 Å². The Morgan fingerprint density at radius 2 is 1.63 bits per heavy atom. The van der Waals surface area contributed by atoms with E-state index in [0.29, 0.717) is 5.56 Å². The van der Waals surface area contributed by atoms with E-state index in [-0.39, 0.29) is 11.5 Å². The van der Waals surface area contributed by atoms with Gasteiger partial charge >= 0.3 is 6.18 Å². The molecule has 0 heterocycles. The standard InChI is InChI=1S/C14H9F4N/c15-12-6-4-10(5-7-12)9-19-13-3-1-2-11(8-13)14(16,17)18/h1-9H. The molecule has 2 aromatic rings. The van der Waals surface area contributed by atoms with Crippen LogP contribution in [0.1, 0.15) is 11.1 Å². The second-order valence-electron chi connectivity index (χ2n) is 3.86. The lowest BCUT2D eigenvalue weighted by Crippen LogP contribution is -2.03. The summed E-state index contributed by atoms with van der Waals surface area (Å²) in [6.07, 6.45) is -3.00. The Morgan fingerprint density at radius 1 is 0.947 bits per heavy atom. The van der Waals surface area contributed by atoms with Crippen molar-refractivity contribution in [1.29, 1.82) is 0 Å². The van der Waals surface area contributed by atoms with Gasteiger partial charge in [0.05, 0.1) is 11.3 Å². The molecule has 0 aliphatic rings.